The van der Waals surface area contributed by atoms with Crippen LogP contribution in [0.5, 0.6) is 0 Å². The molecule has 1 aromatic rings. The highest BCUT2D eigenvalue weighted by Gasteiger charge is 2.16. The Hall–Kier alpha value is -2.01. The molecule has 1 aromatic heterocycles. The largest absolute Gasteiger partial charge is 0.326 e. The van der Waals surface area contributed by atoms with E-state index in [-0.39, 0.29) is 17.3 Å². The number of rotatable bonds is 11. The molecule has 0 saturated heterocycles. The van der Waals surface area contributed by atoms with E-state index in [0.29, 0.717) is 18.7 Å². The van der Waals surface area contributed by atoms with Gasteiger partial charge in [0.15, 0.2) is 0 Å². The fourth-order valence-electron chi connectivity index (χ4n) is 2.86. The van der Waals surface area contributed by atoms with Gasteiger partial charge in [0.25, 0.3) is 5.56 Å². The van der Waals surface area contributed by atoms with E-state index in [9.17, 15) is 9.59 Å². The van der Waals surface area contributed by atoms with Gasteiger partial charge in [-0.15, -0.1) is 0 Å². The van der Waals surface area contributed by atoms with E-state index in [0.717, 1.165) is 31.5 Å². The van der Waals surface area contributed by atoms with Crippen LogP contribution in [0.2, 0.25) is 0 Å². The second kappa shape index (κ2) is 15.0. The maximum atomic E-state index is 12.5. The second-order valence-corrected chi connectivity index (χ2v) is 6.91. The van der Waals surface area contributed by atoms with Crippen LogP contribution in [0.25, 0.3) is 0 Å². The summed E-state index contributed by atoms with van der Waals surface area (Å²) in [7, 11) is 0. The van der Waals surface area contributed by atoms with E-state index in [2.05, 4.69) is 47.8 Å². The van der Waals surface area contributed by atoms with E-state index in [1.807, 2.05) is 27.7 Å². The molecule has 0 spiro atoms. The minimum atomic E-state index is -0.147. The molecule has 0 saturated carbocycles. The molecule has 0 aliphatic heterocycles. The zero-order valence-electron chi connectivity index (χ0n) is 18.8. The quantitative estimate of drug-likeness (QED) is 0.546. The molecule has 0 amide bonds. The van der Waals surface area contributed by atoms with Crippen molar-refractivity contribution in [3.63, 3.8) is 0 Å². The van der Waals surface area contributed by atoms with Crippen LogP contribution in [0, 0.1) is 5.92 Å². The number of aromatic amines is 1. The summed E-state index contributed by atoms with van der Waals surface area (Å²) in [6.07, 6.45) is 9.69. The third-order valence-corrected chi connectivity index (χ3v) is 4.48. The Morgan fingerprint density at radius 2 is 1.96 bits per heavy atom. The summed E-state index contributed by atoms with van der Waals surface area (Å²) in [5, 5.41) is 0. The molecule has 158 valence electrons. The summed E-state index contributed by atoms with van der Waals surface area (Å²) in [5.74, 6) is 0.277. The smallest absolute Gasteiger partial charge is 0.270 e. The highest BCUT2D eigenvalue weighted by molar-refractivity contribution is 5.82. The number of aromatic nitrogens is 2. The third-order valence-electron chi connectivity index (χ3n) is 4.48. The standard InChI is InChI=1S/C21H33N3O2.C2H6/c1-6-8-16(3)13-17(4)14-20(25)18(5)9-12-24(7-2)15-19-21(26)23-11-10-22-19;1-2/h8,10-11,13,18H,6-7,9,12,14-15H2,1-5H3,(H,23,26);1-2H3/b16-8-,17-13+;. The van der Waals surface area contributed by atoms with E-state index < -0.39 is 0 Å². The number of nitrogens with zero attached hydrogens (tertiary/aromatic N) is 2. The van der Waals surface area contributed by atoms with Crippen molar-refractivity contribution in [3.05, 3.63) is 51.7 Å². The number of hydrogen-bond acceptors (Lipinski definition) is 4. The Bertz CT molecular complexity index is 689. The Labute approximate surface area is 171 Å². The zero-order valence-corrected chi connectivity index (χ0v) is 18.8. The van der Waals surface area contributed by atoms with Crippen LogP contribution in [0.15, 0.2) is 40.5 Å². The van der Waals surface area contributed by atoms with Crippen LogP contribution in [0.4, 0.5) is 0 Å². The lowest BCUT2D eigenvalue weighted by Crippen LogP contribution is -2.30. The van der Waals surface area contributed by atoms with E-state index >= 15 is 0 Å². The monoisotopic (exact) mass is 389 g/mol. The Morgan fingerprint density at radius 1 is 1.29 bits per heavy atom. The molecule has 5 nitrogen and oxygen atoms in total. The summed E-state index contributed by atoms with van der Waals surface area (Å²) in [5.41, 5.74) is 2.69. The van der Waals surface area contributed by atoms with Gasteiger partial charge in [-0.05, 0) is 39.8 Å². The molecule has 1 heterocycles. The lowest BCUT2D eigenvalue weighted by molar-refractivity contribution is -0.122. The average Bonchev–Trinajstić information content (AvgIpc) is 2.67. The molecule has 0 radical (unpaired) electrons. The average molecular weight is 390 g/mol. The van der Waals surface area contributed by atoms with Crippen LogP contribution in [0.1, 0.15) is 73.4 Å². The molecule has 1 N–H and O–H groups in total. The number of ketones is 1. The molecule has 0 aliphatic carbocycles. The molecule has 28 heavy (non-hydrogen) atoms. The van der Waals surface area contributed by atoms with Gasteiger partial charge in [-0.2, -0.15) is 0 Å². The van der Waals surface area contributed by atoms with Crippen LogP contribution < -0.4 is 5.56 Å². The van der Waals surface area contributed by atoms with Crippen molar-refractivity contribution in [3.8, 4) is 0 Å². The van der Waals surface area contributed by atoms with Crippen molar-refractivity contribution in [2.75, 3.05) is 13.1 Å². The van der Waals surface area contributed by atoms with Crippen LogP contribution >= 0.6 is 0 Å². The molecule has 0 bridgehead atoms. The van der Waals surface area contributed by atoms with Gasteiger partial charge >= 0.3 is 0 Å². The predicted octanol–water partition coefficient (Wildman–Crippen LogP) is 4.91. The Morgan fingerprint density at radius 3 is 2.54 bits per heavy atom. The maximum Gasteiger partial charge on any atom is 0.270 e. The number of carbonyl (C=O) groups excluding carboxylic acids is 1. The minimum absolute atomic E-state index is 0.00452. The molecule has 1 unspecified atom stereocenters. The molecule has 0 fully saturated rings. The molecular weight excluding hydrogens is 350 g/mol. The van der Waals surface area contributed by atoms with Gasteiger partial charge < -0.3 is 4.98 Å². The fraction of sp³-hybridized carbons (Fsp3) is 0.609. The lowest BCUT2D eigenvalue weighted by Gasteiger charge is -2.21. The molecule has 1 atom stereocenters. The maximum absolute atomic E-state index is 12.5. The fourth-order valence-corrected chi connectivity index (χ4v) is 2.86. The number of allylic oxidation sites excluding steroid dienone is 4. The van der Waals surface area contributed by atoms with Gasteiger partial charge in [-0.1, -0.05) is 57.9 Å². The van der Waals surface area contributed by atoms with Crippen molar-refractivity contribution in [2.45, 2.75) is 74.3 Å². The summed E-state index contributed by atoms with van der Waals surface area (Å²) < 4.78 is 0. The minimum Gasteiger partial charge on any atom is -0.326 e. The predicted molar refractivity (Wildman–Crippen MR) is 118 cm³/mol. The number of Topliss-reactive ketones (excluding diaryl/α,β-unsaturated/α-hetero) is 1. The highest BCUT2D eigenvalue weighted by Crippen LogP contribution is 2.14. The summed E-state index contributed by atoms with van der Waals surface area (Å²) in [6, 6.07) is 0. The van der Waals surface area contributed by atoms with Crippen molar-refractivity contribution >= 4 is 5.78 Å². The second-order valence-electron chi connectivity index (χ2n) is 6.91. The zero-order chi connectivity index (χ0) is 21.5. The number of nitrogens with one attached hydrogen (secondary N) is 1. The first-order chi connectivity index (χ1) is 13.4. The van der Waals surface area contributed by atoms with Gasteiger partial charge in [0.05, 0.1) is 0 Å². The van der Waals surface area contributed by atoms with E-state index in [1.165, 1.54) is 11.8 Å². The van der Waals surface area contributed by atoms with Crippen molar-refractivity contribution in [1.29, 1.82) is 0 Å². The molecule has 0 aliphatic rings. The Balaban J connectivity index is 0.00000352. The Kier molecular flexibility index (Phi) is 13.9. The number of H-pyrrole nitrogens is 1. The first-order valence-corrected chi connectivity index (χ1v) is 10.5. The summed E-state index contributed by atoms with van der Waals surface area (Å²) in [6.45, 7) is 16.3. The first kappa shape index (κ1) is 26.0. The highest BCUT2D eigenvalue weighted by atomic mass is 16.1. The van der Waals surface area contributed by atoms with Crippen molar-refractivity contribution in [1.82, 2.24) is 14.9 Å². The van der Waals surface area contributed by atoms with Gasteiger partial charge in [-0.25, -0.2) is 0 Å². The van der Waals surface area contributed by atoms with E-state index in [1.54, 1.807) is 6.20 Å². The SMILES string of the molecule is CC.CC/C=C(C)\C=C(/C)CC(=O)C(C)CCN(CC)Cc1ncc[nH]c1=O. The van der Waals surface area contributed by atoms with Gasteiger partial charge in [0.2, 0.25) is 0 Å². The van der Waals surface area contributed by atoms with Crippen LogP contribution in [0.3, 0.4) is 0 Å². The topological polar surface area (TPSA) is 66.1 Å². The van der Waals surface area contributed by atoms with Gasteiger partial charge in [-0.3, -0.25) is 19.5 Å². The van der Waals surface area contributed by atoms with Crippen LogP contribution in [-0.2, 0) is 11.3 Å². The first-order valence-electron chi connectivity index (χ1n) is 10.5. The molecule has 5 heteroatoms. The molecule has 0 aromatic carbocycles. The normalized spacial score (nSPS) is 13.1. The number of carbonyl (C=O) groups is 1. The molecular formula is C23H39N3O2. The lowest BCUT2D eigenvalue weighted by atomic mass is 9.96. The van der Waals surface area contributed by atoms with E-state index in [4.69, 9.17) is 0 Å². The number of hydrogen-bond donors (Lipinski definition) is 1. The van der Waals surface area contributed by atoms with Gasteiger partial charge in [0.1, 0.15) is 11.5 Å². The third kappa shape index (κ3) is 10.4. The summed E-state index contributed by atoms with van der Waals surface area (Å²) >= 11 is 0. The molecule has 1 rings (SSSR count). The van der Waals surface area contributed by atoms with Crippen molar-refractivity contribution < 1.29 is 4.79 Å². The van der Waals surface area contributed by atoms with Gasteiger partial charge in [0, 0.05) is 31.3 Å². The van der Waals surface area contributed by atoms with Crippen molar-refractivity contribution in [2.24, 2.45) is 5.92 Å². The van der Waals surface area contributed by atoms with Crippen LogP contribution in [-0.4, -0.2) is 33.7 Å². The summed E-state index contributed by atoms with van der Waals surface area (Å²) in [4.78, 5) is 33.2.